The first-order valence-electron chi connectivity index (χ1n) is 9.92. The zero-order valence-electron chi connectivity index (χ0n) is 16.9. The van der Waals surface area contributed by atoms with Gasteiger partial charge >= 0.3 is 0 Å². The number of ether oxygens (including phenoxy) is 2. The Balaban J connectivity index is 1.36. The number of carbonyl (C=O) groups excluding carboxylic acids is 1. The Morgan fingerprint density at radius 2 is 1.73 bits per heavy atom. The minimum absolute atomic E-state index is 0.124. The number of hydrogen-bond acceptors (Lipinski definition) is 3. The fourth-order valence-electron chi connectivity index (χ4n) is 3.30. The van der Waals surface area contributed by atoms with E-state index < -0.39 is 0 Å². The summed E-state index contributed by atoms with van der Waals surface area (Å²) in [5.74, 6) is 1.46. The lowest BCUT2D eigenvalue weighted by molar-refractivity contribution is 0.0950. The van der Waals surface area contributed by atoms with Gasteiger partial charge in [0.1, 0.15) is 23.8 Å². The molecule has 0 saturated heterocycles. The number of nitrogens with one attached hydrogen (secondary N) is 2. The monoisotopic (exact) mass is 400 g/mol. The van der Waals surface area contributed by atoms with Gasteiger partial charge in [0.2, 0.25) is 0 Å². The summed E-state index contributed by atoms with van der Waals surface area (Å²) in [6.45, 7) is 1.05. The molecule has 0 aliphatic carbocycles. The zero-order valence-corrected chi connectivity index (χ0v) is 16.9. The fourth-order valence-corrected chi connectivity index (χ4v) is 3.30. The van der Waals surface area contributed by atoms with E-state index in [1.165, 1.54) is 0 Å². The van der Waals surface area contributed by atoms with Crippen molar-refractivity contribution in [1.82, 2.24) is 10.3 Å². The molecule has 1 amide bonds. The van der Waals surface area contributed by atoms with Crippen molar-refractivity contribution in [2.45, 2.75) is 13.0 Å². The molecule has 0 unspecified atom stereocenters. The number of methoxy groups -OCH3 is 1. The minimum Gasteiger partial charge on any atom is -0.497 e. The van der Waals surface area contributed by atoms with Crippen LogP contribution in [-0.2, 0) is 13.0 Å². The van der Waals surface area contributed by atoms with Gasteiger partial charge in [-0.15, -0.1) is 0 Å². The molecular formula is C25H24N2O3. The van der Waals surface area contributed by atoms with Gasteiger partial charge in [-0.05, 0) is 47.9 Å². The van der Waals surface area contributed by atoms with E-state index >= 15 is 0 Å². The average Bonchev–Trinajstić information content (AvgIpc) is 3.22. The molecule has 30 heavy (non-hydrogen) atoms. The van der Waals surface area contributed by atoms with Crippen LogP contribution in [0.2, 0.25) is 0 Å². The van der Waals surface area contributed by atoms with Gasteiger partial charge < -0.3 is 19.8 Å². The lowest BCUT2D eigenvalue weighted by Crippen LogP contribution is -2.25. The topological polar surface area (TPSA) is 63.4 Å². The smallest absolute Gasteiger partial charge is 0.267 e. The van der Waals surface area contributed by atoms with Gasteiger partial charge in [0.05, 0.1) is 7.11 Å². The highest BCUT2D eigenvalue weighted by Crippen LogP contribution is 2.22. The molecule has 0 atom stereocenters. The number of rotatable bonds is 8. The lowest BCUT2D eigenvalue weighted by atomic mass is 10.1. The first kappa shape index (κ1) is 19.6. The molecule has 0 spiro atoms. The summed E-state index contributed by atoms with van der Waals surface area (Å²) in [6.07, 6.45) is 0.737. The maximum absolute atomic E-state index is 12.5. The number of H-pyrrole nitrogens is 1. The molecule has 1 aromatic heterocycles. The van der Waals surface area contributed by atoms with Crippen LogP contribution in [0.1, 0.15) is 21.6 Å². The van der Waals surface area contributed by atoms with E-state index in [1.54, 1.807) is 7.11 Å². The van der Waals surface area contributed by atoms with E-state index in [9.17, 15) is 4.79 Å². The number of aromatic amines is 1. The molecule has 0 saturated carbocycles. The Kier molecular flexibility index (Phi) is 5.99. The van der Waals surface area contributed by atoms with Crippen molar-refractivity contribution in [2.24, 2.45) is 0 Å². The fraction of sp³-hybridized carbons (Fsp3) is 0.160. The van der Waals surface area contributed by atoms with Crippen LogP contribution in [0.25, 0.3) is 10.9 Å². The molecule has 3 aromatic carbocycles. The Morgan fingerprint density at radius 1 is 0.900 bits per heavy atom. The summed E-state index contributed by atoms with van der Waals surface area (Å²) >= 11 is 0. The van der Waals surface area contributed by atoms with Gasteiger partial charge in [0.15, 0.2) is 0 Å². The third-order valence-electron chi connectivity index (χ3n) is 4.92. The van der Waals surface area contributed by atoms with Crippen LogP contribution >= 0.6 is 0 Å². The molecule has 0 fully saturated rings. The summed E-state index contributed by atoms with van der Waals surface area (Å²) in [4.78, 5) is 15.7. The average molecular weight is 400 g/mol. The van der Waals surface area contributed by atoms with Crippen LogP contribution in [0, 0.1) is 0 Å². The van der Waals surface area contributed by atoms with Gasteiger partial charge in [-0.1, -0.05) is 42.5 Å². The number of aromatic nitrogens is 1. The summed E-state index contributed by atoms with van der Waals surface area (Å²) in [5, 5.41) is 3.94. The maximum Gasteiger partial charge on any atom is 0.267 e. The van der Waals surface area contributed by atoms with Crippen LogP contribution in [0.3, 0.4) is 0 Å². The molecule has 152 valence electrons. The summed E-state index contributed by atoms with van der Waals surface area (Å²) < 4.78 is 11.1. The number of hydrogen-bond donors (Lipinski definition) is 2. The predicted molar refractivity (Wildman–Crippen MR) is 118 cm³/mol. The molecule has 0 aliphatic heterocycles. The number of amides is 1. The summed E-state index contributed by atoms with van der Waals surface area (Å²) in [7, 11) is 1.65. The van der Waals surface area contributed by atoms with E-state index in [1.807, 2.05) is 78.9 Å². The molecule has 1 heterocycles. The molecule has 4 rings (SSSR count). The molecule has 5 heteroatoms. The summed E-state index contributed by atoms with van der Waals surface area (Å²) in [6, 6.07) is 25.5. The van der Waals surface area contributed by atoms with Gasteiger partial charge in [-0.3, -0.25) is 4.79 Å². The van der Waals surface area contributed by atoms with Crippen LogP contribution in [0.5, 0.6) is 11.5 Å². The van der Waals surface area contributed by atoms with E-state index in [-0.39, 0.29) is 5.91 Å². The van der Waals surface area contributed by atoms with Crippen molar-refractivity contribution in [3.05, 3.63) is 95.7 Å². The van der Waals surface area contributed by atoms with E-state index in [0.29, 0.717) is 18.8 Å². The highest BCUT2D eigenvalue weighted by atomic mass is 16.5. The van der Waals surface area contributed by atoms with Gasteiger partial charge in [0.25, 0.3) is 5.91 Å². The molecule has 4 aromatic rings. The molecule has 5 nitrogen and oxygen atoms in total. The highest BCUT2D eigenvalue weighted by Gasteiger charge is 2.10. The first-order chi connectivity index (χ1) is 14.7. The third-order valence-corrected chi connectivity index (χ3v) is 4.92. The predicted octanol–water partition coefficient (Wildman–Crippen LogP) is 4.73. The molecule has 0 aliphatic rings. The van der Waals surface area contributed by atoms with Crippen molar-refractivity contribution in [3.63, 3.8) is 0 Å². The molecule has 0 radical (unpaired) electrons. The van der Waals surface area contributed by atoms with Crippen LogP contribution < -0.4 is 14.8 Å². The zero-order chi connectivity index (χ0) is 20.8. The number of fused-ring (bicyclic) bond motifs is 1. The standard InChI is InChI=1S/C25H24N2O3/c1-29-21-9-5-8-18(14-21)12-13-26-25(28)24-15-20-10-11-22(16-23(20)27-24)30-17-19-6-3-2-4-7-19/h2-11,14-16,27H,12-13,17H2,1H3,(H,26,28). The van der Waals surface area contributed by atoms with Gasteiger partial charge in [-0.25, -0.2) is 0 Å². The van der Waals surface area contributed by atoms with E-state index in [0.717, 1.165) is 39.9 Å². The second kappa shape index (κ2) is 9.18. The van der Waals surface area contributed by atoms with Gasteiger partial charge in [-0.2, -0.15) is 0 Å². The maximum atomic E-state index is 12.5. The largest absolute Gasteiger partial charge is 0.497 e. The minimum atomic E-state index is -0.124. The normalized spacial score (nSPS) is 10.7. The van der Waals surface area contributed by atoms with Crippen molar-refractivity contribution < 1.29 is 14.3 Å². The molecule has 2 N–H and O–H groups in total. The van der Waals surface area contributed by atoms with Crippen molar-refractivity contribution in [3.8, 4) is 11.5 Å². The van der Waals surface area contributed by atoms with Gasteiger partial charge in [0, 0.05) is 23.5 Å². The Bertz CT molecular complexity index is 1140. The second-order valence-corrected chi connectivity index (χ2v) is 7.06. The first-order valence-corrected chi connectivity index (χ1v) is 9.92. The van der Waals surface area contributed by atoms with E-state index in [2.05, 4.69) is 10.3 Å². The van der Waals surface area contributed by atoms with Crippen molar-refractivity contribution in [1.29, 1.82) is 0 Å². The van der Waals surface area contributed by atoms with Crippen LogP contribution in [0.4, 0.5) is 0 Å². The SMILES string of the molecule is COc1cccc(CCNC(=O)c2cc3ccc(OCc4ccccc4)cc3[nH]2)c1. The van der Waals surface area contributed by atoms with E-state index in [4.69, 9.17) is 9.47 Å². The second-order valence-electron chi connectivity index (χ2n) is 7.06. The number of benzene rings is 3. The quantitative estimate of drug-likeness (QED) is 0.450. The van der Waals surface area contributed by atoms with Crippen LogP contribution in [-0.4, -0.2) is 24.5 Å². The third kappa shape index (κ3) is 4.81. The lowest BCUT2D eigenvalue weighted by Gasteiger charge is -2.06. The Morgan fingerprint density at radius 3 is 2.57 bits per heavy atom. The van der Waals surface area contributed by atoms with Crippen molar-refractivity contribution in [2.75, 3.05) is 13.7 Å². The van der Waals surface area contributed by atoms with Crippen LogP contribution in [0.15, 0.2) is 78.9 Å². The molecule has 0 bridgehead atoms. The summed E-state index contributed by atoms with van der Waals surface area (Å²) in [5.41, 5.74) is 3.64. The molecular weight excluding hydrogens is 376 g/mol. The highest BCUT2D eigenvalue weighted by molar-refractivity contribution is 5.98. The number of carbonyl (C=O) groups is 1. The Hall–Kier alpha value is -3.73. The van der Waals surface area contributed by atoms with Crippen molar-refractivity contribution >= 4 is 16.8 Å². The Labute approximate surface area is 175 Å².